The molecule has 0 atom stereocenters. The van der Waals surface area contributed by atoms with Crippen molar-refractivity contribution < 1.29 is 9.84 Å². The Morgan fingerprint density at radius 2 is 1.89 bits per heavy atom. The summed E-state index contributed by atoms with van der Waals surface area (Å²) < 4.78 is 5.52. The van der Waals surface area contributed by atoms with Gasteiger partial charge in [0.15, 0.2) is 0 Å². The molecule has 0 amide bonds. The molecular weight excluding hydrogens is 344 g/mol. The lowest BCUT2D eigenvalue weighted by atomic mass is 10.1. The molecule has 0 saturated carbocycles. The Morgan fingerprint density at radius 1 is 1.07 bits per heavy atom. The van der Waals surface area contributed by atoms with Crippen LogP contribution < -0.4 is 9.64 Å². The molecule has 0 aliphatic rings. The SMILES string of the molecule is COc1ccccc1N(CCc1ccc(O)cc1)c1ncc2n[nH]nc2n1. The van der Waals surface area contributed by atoms with E-state index in [9.17, 15) is 5.11 Å². The van der Waals surface area contributed by atoms with Gasteiger partial charge in [0.1, 0.15) is 17.0 Å². The van der Waals surface area contributed by atoms with Crippen molar-refractivity contribution in [2.24, 2.45) is 0 Å². The number of nitrogens with zero attached hydrogens (tertiary/aromatic N) is 5. The molecule has 0 aliphatic heterocycles. The fourth-order valence-corrected chi connectivity index (χ4v) is 2.86. The van der Waals surface area contributed by atoms with E-state index in [2.05, 4.69) is 25.4 Å². The van der Waals surface area contributed by atoms with Crippen LogP contribution in [0.2, 0.25) is 0 Å². The zero-order valence-corrected chi connectivity index (χ0v) is 14.7. The summed E-state index contributed by atoms with van der Waals surface area (Å²) in [6.45, 7) is 0.620. The Kier molecular flexibility index (Phi) is 4.52. The number of phenols is 1. The van der Waals surface area contributed by atoms with Gasteiger partial charge in [0.25, 0.3) is 0 Å². The lowest BCUT2D eigenvalue weighted by molar-refractivity contribution is 0.415. The van der Waals surface area contributed by atoms with E-state index in [0.29, 0.717) is 23.7 Å². The highest BCUT2D eigenvalue weighted by molar-refractivity contribution is 5.72. The van der Waals surface area contributed by atoms with Crippen LogP contribution in [0.25, 0.3) is 11.2 Å². The smallest absolute Gasteiger partial charge is 0.232 e. The number of hydrogen-bond acceptors (Lipinski definition) is 7. The normalized spacial score (nSPS) is 10.9. The van der Waals surface area contributed by atoms with Crippen molar-refractivity contribution in [1.29, 1.82) is 0 Å². The predicted octanol–water partition coefficient (Wildman–Crippen LogP) is 2.84. The molecule has 0 radical (unpaired) electrons. The number of anilines is 2. The average Bonchev–Trinajstić information content (AvgIpc) is 3.18. The van der Waals surface area contributed by atoms with E-state index in [1.54, 1.807) is 25.4 Å². The van der Waals surface area contributed by atoms with E-state index in [-0.39, 0.29) is 5.75 Å². The largest absolute Gasteiger partial charge is 0.508 e. The number of hydrogen-bond donors (Lipinski definition) is 2. The van der Waals surface area contributed by atoms with Gasteiger partial charge in [-0.3, -0.25) is 0 Å². The van der Waals surface area contributed by atoms with Gasteiger partial charge < -0.3 is 14.7 Å². The first-order chi connectivity index (χ1) is 13.2. The maximum Gasteiger partial charge on any atom is 0.232 e. The van der Waals surface area contributed by atoms with Crippen LogP contribution in [0.5, 0.6) is 11.5 Å². The second kappa shape index (κ2) is 7.28. The Hall–Kier alpha value is -3.68. The van der Waals surface area contributed by atoms with Gasteiger partial charge in [-0.15, -0.1) is 5.10 Å². The van der Waals surface area contributed by atoms with Crippen molar-refractivity contribution in [2.45, 2.75) is 6.42 Å². The second-order valence-corrected chi connectivity index (χ2v) is 5.94. The molecule has 2 aromatic heterocycles. The second-order valence-electron chi connectivity index (χ2n) is 5.94. The molecule has 2 aromatic carbocycles. The number of para-hydroxylation sites is 2. The number of ether oxygens (including phenoxy) is 1. The maximum atomic E-state index is 9.48. The van der Waals surface area contributed by atoms with Gasteiger partial charge in [0.2, 0.25) is 11.6 Å². The summed E-state index contributed by atoms with van der Waals surface area (Å²) in [6, 6.07) is 14.9. The number of phenolic OH excluding ortho intramolecular Hbond substituents is 1. The van der Waals surface area contributed by atoms with E-state index < -0.39 is 0 Å². The Labute approximate surface area is 155 Å². The monoisotopic (exact) mass is 362 g/mol. The van der Waals surface area contributed by atoms with Crippen LogP contribution in [0.1, 0.15) is 5.56 Å². The number of rotatable bonds is 6. The molecule has 0 fully saturated rings. The molecular formula is C19H18N6O2. The Balaban J connectivity index is 1.70. The first-order valence-electron chi connectivity index (χ1n) is 8.46. The summed E-state index contributed by atoms with van der Waals surface area (Å²) >= 11 is 0. The molecule has 136 valence electrons. The van der Waals surface area contributed by atoms with Gasteiger partial charge in [-0.1, -0.05) is 24.3 Å². The number of nitrogens with one attached hydrogen (secondary N) is 1. The minimum absolute atomic E-state index is 0.250. The van der Waals surface area contributed by atoms with Crippen molar-refractivity contribution >= 4 is 22.8 Å². The number of benzene rings is 2. The van der Waals surface area contributed by atoms with E-state index in [4.69, 9.17) is 4.74 Å². The third kappa shape index (κ3) is 3.50. The number of aromatic amines is 1. The van der Waals surface area contributed by atoms with E-state index in [1.165, 1.54) is 0 Å². The number of aromatic hydroxyl groups is 1. The highest BCUT2D eigenvalue weighted by atomic mass is 16.5. The van der Waals surface area contributed by atoms with Crippen LogP contribution in [0.3, 0.4) is 0 Å². The van der Waals surface area contributed by atoms with E-state index in [1.807, 2.05) is 41.3 Å². The molecule has 0 bridgehead atoms. The first-order valence-corrected chi connectivity index (χ1v) is 8.46. The number of methoxy groups -OCH3 is 1. The fourth-order valence-electron chi connectivity index (χ4n) is 2.86. The van der Waals surface area contributed by atoms with Crippen LogP contribution in [-0.4, -0.2) is 44.1 Å². The van der Waals surface area contributed by atoms with E-state index >= 15 is 0 Å². The number of fused-ring (bicyclic) bond motifs is 1. The quantitative estimate of drug-likeness (QED) is 0.544. The third-order valence-corrected chi connectivity index (χ3v) is 4.24. The van der Waals surface area contributed by atoms with Crippen LogP contribution in [0.15, 0.2) is 54.7 Å². The summed E-state index contributed by atoms with van der Waals surface area (Å²) in [7, 11) is 1.64. The van der Waals surface area contributed by atoms with Crippen molar-refractivity contribution in [3.8, 4) is 11.5 Å². The summed E-state index contributed by atoms with van der Waals surface area (Å²) in [4.78, 5) is 11.0. The molecule has 2 heterocycles. The summed E-state index contributed by atoms with van der Waals surface area (Å²) in [5.74, 6) is 1.49. The van der Waals surface area contributed by atoms with Gasteiger partial charge in [-0.05, 0) is 36.2 Å². The topological polar surface area (TPSA) is 100 Å². The predicted molar refractivity (Wildman–Crippen MR) is 101 cm³/mol. The molecule has 4 rings (SSSR count). The fraction of sp³-hybridized carbons (Fsp3) is 0.158. The van der Waals surface area contributed by atoms with Crippen LogP contribution in [-0.2, 0) is 6.42 Å². The first kappa shape index (κ1) is 16.8. The molecule has 0 spiro atoms. The van der Waals surface area contributed by atoms with Gasteiger partial charge in [-0.25, -0.2) is 4.98 Å². The summed E-state index contributed by atoms with van der Waals surface area (Å²) in [5.41, 5.74) is 3.07. The van der Waals surface area contributed by atoms with Crippen molar-refractivity contribution in [3.63, 3.8) is 0 Å². The molecule has 4 aromatic rings. The Bertz CT molecular complexity index is 1050. The summed E-state index contributed by atoms with van der Waals surface area (Å²) in [6.07, 6.45) is 2.38. The molecule has 8 nitrogen and oxygen atoms in total. The molecule has 0 unspecified atom stereocenters. The van der Waals surface area contributed by atoms with Crippen molar-refractivity contribution in [3.05, 3.63) is 60.3 Å². The minimum atomic E-state index is 0.250. The van der Waals surface area contributed by atoms with Gasteiger partial charge in [-0.2, -0.15) is 15.3 Å². The standard InChI is InChI=1S/C19H18N6O2/c1-27-17-5-3-2-4-16(17)25(11-10-13-6-8-14(26)9-7-13)19-20-12-15-18(21-19)23-24-22-15/h2-9,12,26H,10-11H2,1H3,(H,20,21,22,23,24). The van der Waals surface area contributed by atoms with Crippen LogP contribution in [0, 0.1) is 0 Å². The lowest BCUT2D eigenvalue weighted by Gasteiger charge is -2.24. The maximum absolute atomic E-state index is 9.48. The average molecular weight is 362 g/mol. The zero-order valence-electron chi connectivity index (χ0n) is 14.7. The number of aromatic nitrogens is 5. The van der Waals surface area contributed by atoms with Crippen LogP contribution >= 0.6 is 0 Å². The van der Waals surface area contributed by atoms with Gasteiger partial charge >= 0.3 is 0 Å². The van der Waals surface area contributed by atoms with E-state index in [0.717, 1.165) is 23.4 Å². The van der Waals surface area contributed by atoms with Crippen molar-refractivity contribution in [2.75, 3.05) is 18.6 Å². The van der Waals surface area contributed by atoms with Gasteiger partial charge in [0, 0.05) is 6.54 Å². The molecule has 0 aliphatic carbocycles. The molecule has 27 heavy (non-hydrogen) atoms. The third-order valence-electron chi connectivity index (χ3n) is 4.24. The molecule has 0 saturated heterocycles. The molecule has 2 N–H and O–H groups in total. The Morgan fingerprint density at radius 3 is 2.70 bits per heavy atom. The molecule has 8 heteroatoms. The lowest BCUT2D eigenvalue weighted by Crippen LogP contribution is -2.23. The minimum Gasteiger partial charge on any atom is -0.508 e. The zero-order chi connectivity index (χ0) is 18.6. The van der Waals surface area contributed by atoms with Crippen LogP contribution in [0.4, 0.5) is 11.6 Å². The van der Waals surface area contributed by atoms with Gasteiger partial charge in [0.05, 0.1) is 19.0 Å². The highest BCUT2D eigenvalue weighted by Crippen LogP contribution is 2.32. The summed E-state index contributed by atoms with van der Waals surface area (Å²) in [5, 5.41) is 20.1. The number of H-pyrrole nitrogens is 1. The highest BCUT2D eigenvalue weighted by Gasteiger charge is 2.17. The van der Waals surface area contributed by atoms with Crippen molar-refractivity contribution in [1.82, 2.24) is 25.4 Å².